The van der Waals surface area contributed by atoms with Gasteiger partial charge in [-0.3, -0.25) is 5.41 Å². The number of hydrogen-bond donors (Lipinski definition) is 2. The van der Waals surface area contributed by atoms with E-state index in [0.29, 0.717) is 10.6 Å². The van der Waals surface area contributed by atoms with Gasteiger partial charge in [-0.2, -0.15) is 0 Å². The molecule has 20 heavy (non-hydrogen) atoms. The number of nitrogens with one attached hydrogen (secondary N) is 1. The second-order valence-corrected chi connectivity index (χ2v) is 5.39. The van der Waals surface area contributed by atoms with E-state index in [0.717, 1.165) is 11.4 Å². The standard InChI is InChI=1S/C16H18ClN3/c1-10-6-11(2)8-13(7-10)20(3)12-4-5-14(16(18)19)15(17)9-12/h4-9H,1-3H3,(H3,18,19). The summed E-state index contributed by atoms with van der Waals surface area (Å²) in [5.41, 5.74) is 10.5. The number of rotatable bonds is 3. The molecule has 0 heterocycles. The Labute approximate surface area is 124 Å². The zero-order valence-corrected chi connectivity index (χ0v) is 12.6. The summed E-state index contributed by atoms with van der Waals surface area (Å²) in [5, 5.41) is 7.95. The van der Waals surface area contributed by atoms with Crippen LogP contribution in [0.3, 0.4) is 0 Å². The molecule has 0 aliphatic carbocycles. The summed E-state index contributed by atoms with van der Waals surface area (Å²) in [5.74, 6) is -0.0180. The summed E-state index contributed by atoms with van der Waals surface area (Å²) in [6.07, 6.45) is 0. The van der Waals surface area contributed by atoms with Crippen LogP contribution in [0.5, 0.6) is 0 Å². The highest BCUT2D eigenvalue weighted by molar-refractivity contribution is 6.34. The molecule has 0 fully saturated rings. The summed E-state index contributed by atoms with van der Waals surface area (Å²) in [6.45, 7) is 4.16. The molecule has 0 unspecified atom stereocenters. The number of amidine groups is 1. The number of halogens is 1. The van der Waals surface area contributed by atoms with Crippen molar-refractivity contribution in [1.82, 2.24) is 0 Å². The summed E-state index contributed by atoms with van der Waals surface area (Å²) in [4.78, 5) is 2.07. The Hall–Kier alpha value is -2.00. The zero-order chi connectivity index (χ0) is 14.9. The van der Waals surface area contributed by atoms with E-state index >= 15 is 0 Å². The normalized spacial score (nSPS) is 10.4. The third kappa shape index (κ3) is 2.94. The number of anilines is 2. The molecular weight excluding hydrogens is 270 g/mol. The number of nitrogen functional groups attached to an aromatic ring is 1. The van der Waals surface area contributed by atoms with Crippen LogP contribution in [-0.2, 0) is 0 Å². The highest BCUT2D eigenvalue weighted by Gasteiger charge is 2.09. The molecule has 0 bridgehead atoms. The molecule has 0 aliphatic heterocycles. The number of nitrogens with zero attached hydrogens (tertiary/aromatic N) is 1. The Kier molecular flexibility index (Phi) is 4.00. The SMILES string of the molecule is Cc1cc(C)cc(N(C)c2ccc(C(=N)N)c(Cl)c2)c1. The van der Waals surface area contributed by atoms with Gasteiger partial charge in [-0.15, -0.1) is 0 Å². The highest BCUT2D eigenvalue weighted by atomic mass is 35.5. The van der Waals surface area contributed by atoms with Crippen LogP contribution < -0.4 is 10.6 Å². The van der Waals surface area contributed by atoms with Crippen molar-refractivity contribution in [3.05, 3.63) is 58.1 Å². The van der Waals surface area contributed by atoms with Crippen molar-refractivity contribution in [1.29, 1.82) is 5.41 Å². The lowest BCUT2D eigenvalue weighted by molar-refractivity contribution is 1.19. The Balaban J connectivity index is 2.40. The Morgan fingerprint density at radius 3 is 2.15 bits per heavy atom. The van der Waals surface area contributed by atoms with Gasteiger partial charge in [0.05, 0.1) is 5.02 Å². The van der Waals surface area contributed by atoms with E-state index in [9.17, 15) is 0 Å². The first-order valence-electron chi connectivity index (χ1n) is 6.34. The summed E-state index contributed by atoms with van der Waals surface area (Å²) in [6, 6.07) is 11.9. The Bertz CT molecular complexity index is 645. The van der Waals surface area contributed by atoms with Crippen molar-refractivity contribution in [2.24, 2.45) is 5.73 Å². The first-order valence-corrected chi connectivity index (χ1v) is 6.72. The minimum absolute atomic E-state index is 0.0180. The van der Waals surface area contributed by atoms with Crippen molar-refractivity contribution < 1.29 is 0 Å². The molecule has 2 aromatic rings. The van der Waals surface area contributed by atoms with Gasteiger partial charge >= 0.3 is 0 Å². The first kappa shape index (κ1) is 14.4. The molecule has 0 atom stereocenters. The van der Waals surface area contributed by atoms with Crippen LogP contribution in [0, 0.1) is 19.3 Å². The van der Waals surface area contributed by atoms with Gasteiger partial charge in [0.2, 0.25) is 0 Å². The van der Waals surface area contributed by atoms with E-state index in [2.05, 4.69) is 36.9 Å². The Morgan fingerprint density at radius 1 is 1.05 bits per heavy atom. The first-order chi connectivity index (χ1) is 9.38. The van der Waals surface area contributed by atoms with Gasteiger partial charge in [0, 0.05) is 24.0 Å². The third-order valence-corrected chi connectivity index (χ3v) is 3.54. The molecule has 4 heteroatoms. The average Bonchev–Trinajstić information content (AvgIpc) is 2.36. The van der Waals surface area contributed by atoms with E-state index in [1.165, 1.54) is 11.1 Å². The maximum atomic E-state index is 7.45. The predicted octanol–water partition coefficient (Wildman–Crippen LogP) is 4.01. The molecule has 0 aliphatic rings. The zero-order valence-electron chi connectivity index (χ0n) is 11.9. The molecule has 0 saturated heterocycles. The molecule has 104 valence electrons. The number of hydrogen-bond acceptors (Lipinski definition) is 2. The van der Waals surface area contributed by atoms with Gasteiger partial charge in [0.1, 0.15) is 5.84 Å². The molecule has 2 aromatic carbocycles. The lowest BCUT2D eigenvalue weighted by Gasteiger charge is -2.21. The van der Waals surface area contributed by atoms with Crippen molar-refractivity contribution in [3.63, 3.8) is 0 Å². The molecule has 0 spiro atoms. The molecule has 3 N–H and O–H groups in total. The fraction of sp³-hybridized carbons (Fsp3) is 0.188. The third-order valence-electron chi connectivity index (χ3n) is 3.22. The number of benzene rings is 2. The van der Waals surface area contributed by atoms with E-state index in [1.807, 2.05) is 19.2 Å². The largest absolute Gasteiger partial charge is 0.384 e. The monoisotopic (exact) mass is 287 g/mol. The minimum atomic E-state index is -0.0180. The quantitative estimate of drug-likeness (QED) is 0.662. The summed E-state index contributed by atoms with van der Waals surface area (Å²) >= 11 is 6.17. The van der Waals surface area contributed by atoms with Gasteiger partial charge in [-0.05, 0) is 55.3 Å². The average molecular weight is 288 g/mol. The van der Waals surface area contributed by atoms with Crippen molar-refractivity contribution in [2.75, 3.05) is 11.9 Å². The van der Waals surface area contributed by atoms with Crippen LogP contribution in [0.25, 0.3) is 0 Å². The van der Waals surface area contributed by atoms with E-state index in [1.54, 1.807) is 6.07 Å². The second-order valence-electron chi connectivity index (χ2n) is 4.98. The van der Waals surface area contributed by atoms with Gasteiger partial charge in [-0.1, -0.05) is 17.7 Å². The van der Waals surface area contributed by atoms with Crippen LogP contribution in [0.4, 0.5) is 11.4 Å². The van der Waals surface area contributed by atoms with E-state index in [-0.39, 0.29) is 5.84 Å². The van der Waals surface area contributed by atoms with E-state index in [4.69, 9.17) is 22.7 Å². The van der Waals surface area contributed by atoms with E-state index < -0.39 is 0 Å². The van der Waals surface area contributed by atoms with Crippen LogP contribution in [0.2, 0.25) is 5.02 Å². The second kappa shape index (κ2) is 5.55. The summed E-state index contributed by atoms with van der Waals surface area (Å²) < 4.78 is 0. The lowest BCUT2D eigenvalue weighted by atomic mass is 10.1. The van der Waals surface area contributed by atoms with Gasteiger partial charge in [0.25, 0.3) is 0 Å². The van der Waals surface area contributed by atoms with Gasteiger partial charge < -0.3 is 10.6 Å². The van der Waals surface area contributed by atoms with Crippen LogP contribution in [-0.4, -0.2) is 12.9 Å². The van der Waals surface area contributed by atoms with Crippen molar-refractivity contribution in [3.8, 4) is 0 Å². The van der Waals surface area contributed by atoms with Crippen molar-refractivity contribution in [2.45, 2.75) is 13.8 Å². The fourth-order valence-electron chi connectivity index (χ4n) is 2.22. The Morgan fingerprint density at radius 2 is 1.65 bits per heavy atom. The van der Waals surface area contributed by atoms with Crippen LogP contribution in [0.1, 0.15) is 16.7 Å². The van der Waals surface area contributed by atoms with Crippen LogP contribution in [0.15, 0.2) is 36.4 Å². The fourth-order valence-corrected chi connectivity index (χ4v) is 2.50. The lowest BCUT2D eigenvalue weighted by Crippen LogP contribution is -2.13. The molecule has 2 rings (SSSR count). The molecule has 0 aromatic heterocycles. The minimum Gasteiger partial charge on any atom is -0.384 e. The maximum Gasteiger partial charge on any atom is 0.124 e. The van der Waals surface area contributed by atoms with Crippen LogP contribution >= 0.6 is 11.6 Å². The molecule has 3 nitrogen and oxygen atoms in total. The molecular formula is C16H18ClN3. The molecule has 0 saturated carbocycles. The molecule has 0 amide bonds. The highest BCUT2D eigenvalue weighted by Crippen LogP contribution is 2.29. The number of nitrogens with two attached hydrogens (primary N) is 1. The predicted molar refractivity (Wildman–Crippen MR) is 86.4 cm³/mol. The maximum absolute atomic E-state index is 7.45. The smallest absolute Gasteiger partial charge is 0.124 e. The van der Waals surface area contributed by atoms with Gasteiger partial charge in [0.15, 0.2) is 0 Å². The number of aryl methyl sites for hydroxylation is 2. The topological polar surface area (TPSA) is 53.1 Å². The van der Waals surface area contributed by atoms with Crippen molar-refractivity contribution >= 4 is 28.8 Å². The molecule has 0 radical (unpaired) electrons. The van der Waals surface area contributed by atoms with Gasteiger partial charge in [-0.25, -0.2) is 0 Å². The summed E-state index contributed by atoms with van der Waals surface area (Å²) in [7, 11) is 1.99.